The van der Waals surface area contributed by atoms with E-state index in [4.69, 9.17) is 12.2 Å². The molecule has 0 unspecified atom stereocenters. The number of hydrogen-bond acceptors (Lipinski definition) is 3. The van der Waals surface area contributed by atoms with Gasteiger partial charge in [-0.3, -0.25) is 0 Å². The summed E-state index contributed by atoms with van der Waals surface area (Å²) in [5.41, 5.74) is 2.57. The first-order valence-corrected chi connectivity index (χ1v) is 11.5. The smallest absolute Gasteiger partial charge is 0.170 e. The molecule has 0 radical (unpaired) electrons. The molecule has 2 fully saturated rings. The van der Waals surface area contributed by atoms with Gasteiger partial charge in [0.1, 0.15) is 5.82 Å². The largest absolute Gasteiger partial charge is 0.362 e. The number of benzene rings is 1. The molecule has 1 aliphatic carbocycles. The van der Waals surface area contributed by atoms with Gasteiger partial charge in [-0.05, 0) is 55.6 Å². The highest BCUT2D eigenvalue weighted by Crippen LogP contribution is 2.40. The lowest BCUT2D eigenvalue weighted by Crippen LogP contribution is -2.40. The van der Waals surface area contributed by atoms with Crippen molar-refractivity contribution < 1.29 is 0 Å². The summed E-state index contributed by atoms with van der Waals surface area (Å²) < 4.78 is 0. The maximum absolute atomic E-state index is 5.59. The Labute approximate surface area is 180 Å². The van der Waals surface area contributed by atoms with Crippen molar-refractivity contribution in [3.8, 4) is 0 Å². The summed E-state index contributed by atoms with van der Waals surface area (Å²) in [4.78, 5) is 7.07. The third kappa shape index (κ3) is 5.08. The van der Waals surface area contributed by atoms with Crippen LogP contribution >= 0.6 is 12.2 Å². The van der Waals surface area contributed by atoms with Crippen LogP contribution in [0.1, 0.15) is 56.9 Å². The SMILES string of the molecule is S=C(NCC1(c2ccccc2)CCCC1)Nc1ccc(N2CCCCCC2)nc1. The van der Waals surface area contributed by atoms with E-state index in [1.165, 1.54) is 56.9 Å². The van der Waals surface area contributed by atoms with Crippen molar-refractivity contribution in [2.24, 2.45) is 0 Å². The van der Waals surface area contributed by atoms with Gasteiger partial charge in [-0.1, -0.05) is 56.0 Å². The van der Waals surface area contributed by atoms with Crippen molar-refractivity contribution in [2.75, 3.05) is 29.9 Å². The Hall–Kier alpha value is -2.14. The van der Waals surface area contributed by atoms with Crippen LogP contribution in [-0.2, 0) is 5.41 Å². The average molecular weight is 409 g/mol. The number of nitrogens with zero attached hydrogens (tertiary/aromatic N) is 2. The molecule has 0 amide bonds. The van der Waals surface area contributed by atoms with Crippen molar-refractivity contribution in [2.45, 2.75) is 56.8 Å². The Morgan fingerprint density at radius 3 is 2.31 bits per heavy atom. The molecule has 4 nitrogen and oxygen atoms in total. The molecule has 1 aromatic heterocycles. The van der Waals surface area contributed by atoms with Crippen LogP contribution in [0.2, 0.25) is 0 Å². The number of thiocarbonyl (C=S) groups is 1. The topological polar surface area (TPSA) is 40.2 Å². The van der Waals surface area contributed by atoms with Crippen molar-refractivity contribution >= 4 is 28.8 Å². The van der Waals surface area contributed by atoms with Gasteiger partial charge in [-0.2, -0.15) is 0 Å². The number of nitrogens with one attached hydrogen (secondary N) is 2. The molecular formula is C24H32N4S. The van der Waals surface area contributed by atoms with E-state index in [-0.39, 0.29) is 5.41 Å². The van der Waals surface area contributed by atoms with Gasteiger partial charge in [0.25, 0.3) is 0 Å². The van der Waals surface area contributed by atoms with Gasteiger partial charge in [0.2, 0.25) is 0 Å². The molecule has 2 aliphatic rings. The molecule has 1 saturated carbocycles. The zero-order valence-electron chi connectivity index (χ0n) is 17.2. The van der Waals surface area contributed by atoms with Crippen LogP contribution in [0.5, 0.6) is 0 Å². The summed E-state index contributed by atoms with van der Waals surface area (Å²) in [5, 5.41) is 7.47. The standard InChI is InChI=1S/C24H32N4S/c29-23(26-19-24(14-6-7-15-24)20-10-4-3-5-11-20)27-21-12-13-22(25-18-21)28-16-8-1-2-9-17-28/h3-5,10-13,18H,1-2,6-9,14-17,19H2,(H2,26,27,29). The Kier molecular flexibility index (Phi) is 6.65. The van der Waals surface area contributed by atoms with Crippen LogP contribution in [-0.4, -0.2) is 29.7 Å². The number of aromatic nitrogens is 1. The van der Waals surface area contributed by atoms with Crippen molar-refractivity contribution in [1.82, 2.24) is 10.3 Å². The highest BCUT2D eigenvalue weighted by atomic mass is 32.1. The Morgan fingerprint density at radius 2 is 1.66 bits per heavy atom. The molecular weight excluding hydrogens is 376 g/mol. The summed E-state index contributed by atoms with van der Waals surface area (Å²) >= 11 is 5.59. The van der Waals surface area contributed by atoms with E-state index in [1.54, 1.807) is 0 Å². The molecule has 1 aliphatic heterocycles. The molecule has 0 bridgehead atoms. The van der Waals surface area contributed by atoms with E-state index < -0.39 is 0 Å². The maximum Gasteiger partial charge on any atom is 0.170 e. The van der Waals surface area contributed by atoms with E-state index in [1.807, 2.05) is 6.20 Å². The second-order valence-electron chi connectivity index (χ2n) is 8.47. The van der Waals surface area contributed by atoms with Crippen LogP contribution in [0.15, 0.2) is 48.7 Å². The van der Waals surface area contributed by atoms with Crippen molar-refractivity contribution in [3.63, 3.8) is 0 Å². The van der Waals surface area contributed by atoms with Crippen molar-refractivity contribution in [1.29, 1.82) is 0 Å². The third-order valence-electron chi connectivity index (χ3n) is 6.47. The van der Waals surface area contributed by atoms with Gasteiger partial charge in [0.05, 0.1) is 11.9 Å². The predicted octanol–water partition coefficient (Wildman–Crippen LogP) is 5.26. The predicted molar refractivity (Wildman–Crippen MR) is 126 cm³/mol. The first-order chi connectivity index (χ1) is 14.3. The molecule has 1 saturated heterocycles. The fourth-order valence-corrected chi connectivity index (χ4v) is 4.97. The van der Waals surface area contributed by atoms with Gasteiger partial charge in [-0.15, -0.1) is 0 Å². The second-order valence-corrected chi connectivity index (χ2v) is 8.88. The summed E-state index contributed by atoms with van der Waals surface area (Å²) in [6.07, 6.45) is 12.1. The lowest BCUT2D eigenvalue weighted by molar-refractivity contribution is 0.435. The minimum absolute atomic E-state index is 0.196. The fourth-order valence-electron chi connectivity index (χ4n) is 4.78. The molecule has 1 aromatic carbocycles. The van der Waals surface area contributed by atoms with E-state index in [0.29, 0.717) is 5.11 Å². The number of rotatable bonds is 5. The first kappa shape index (κ1) is 20.1. The van der Waals surface area contributed by atoms with E-state index in [2.05, 4.69) is 63.0 Å². The number of anilines is 2. The summed E-state index contributed by atoms with van der Waals surface area (Å²) in [6.45, 7) is 3.10. The lowest BCUT2D eigenvalue weighted by Gasteiger charge is -2.30. The van der Waals surface area contributed by atoms with Gasteiger partial charge < -0.3 is 15.5 Å². The van der Waals surface area contributed by atoms with Crippen molar-refractivity contribution in [3.05, 3.63) is 54.2 Å². The van der Waals surface area contributed by atoms with E-state index in [0.717, 1.165) is 31.1 Å². The molecule has 0 spiro atoms. The molecule has 2 aromatic rings. The fraction of sp³-hybridized carbons (Fsp3) is 0.500. The monoisotopic (exact) mass is 408 g/mol. The Morgan fingerprint density at radius 1 is 0.931 bits per heavy atom. The molecule has 154 valence electrons. The second kappa shape index (κ2) is 9.57. The highest BCUT2D eigenvalue weighted by molar-refractivity contribution is 7.80. The van der Waals surface area contributed by atoms with Gasteiger partial charge in [0.15, 0.2) is 5.11 Å². The quantitative estimate of drug-likeness (QED) is 0.660. The molecule has 0 atom stereocenters. The third-order valence-corrected chi connectivity index (χ3v) is 6.72. The van der Waals surface area contributed by atoms with Crippen LogP contribution in [0.4, 0.5) is 11.5 Å². The highest BCUT2D eigenvalue weighted by Gasteiger charge is 2.35. The van der Waals surface area contributed by atoms with E-state index in [9.17, 15) is 0 Å². The summed E-state index contributed by atoms with van der Waals surface area (Å²) in [6, 6.07) is 15.1. The number of pyridine rings is 1. The Balaban J connectivity index is 1.33. The maximum atomic E-state index is 5.59. The molecule has 2 N–H and O–H groups in total. The average Bonchev–Trinajstić information content (AvgIpc) is 3.09. The summed E-state index contributed by atoms with van der Waals surface area (Å²) in [7, 11) is 0. The van der Waals surface area contributed by atoms with Crippen LogP contribution in [0.3, 0.4) is 0 Å². The lowest BCUT2D eigenvalue weighted by atomic mass is 9.79. The Bertz CT molecular complexity index is 776. The number of hydrogen-bond donors (Lipinski definition) is 2. The van der Waals surface area contributed by atoms with Gasteiger partial charge in [-0.25, -0.2) is 4.98 Å². The van der Waals surface area contributed by atoms with Crippen LogP contribution in [0.25, 0.3) is 0 Å². The van der Waals surface area contributed by atoms with Crippen LogP contribution in [0, 0.1) is 0 Å². The zero-order valence-corrected chi connectivity index (χ0v) is 18.0. The summed E-state index contributed by atoms with van der Waals surface area (Å²) in [5.74, 6) is 1.07. The molecule has 2 heterocycles. The van der Waals surface area contributed by atoms with Gasteiger partial charge in [0, 0.05) is 25.0 Å². The minimum Gasteiger partial charge on any atom is -0.362 e. The zero-order chi connectivity index (χ0) is 19.9. The van der Waals surface area contributed by atoms with Crippen LogP contribution < -0.4 is 15.5 Å². The molecule has 4 rings (SSSR count). The normalized spacial score (nSPS) is 18.8. The van der Waals surface area contributed by atoms with Gasteiger partial charge >= 0.3 is 0 Å². The molecule has 29 heavy (non-hydrogen) atoms. The first-order valence-electron chi connectivity index (χ1n) is 11.1. The van der Waals surface area contributed by atoms with E-state index >= 15 is 0 Å². The molecule has 5 heteroatoms. The minimum atomic E-state index is 0.196.